The van der Waals surface area contributed by atoms with Crippen molar-refractivity contribution >= 4 is 0 Å². The summed E-state index contributed by atoms with van der Waals surface area (Å²) >= 11 is 0. The summed E-state index contributed by atoms with van der Waals surface area (Å²) in [6, 6.07) is 10.8. The van der Waals surface area contributed by atoms with Crippen LogP contribution in [0, 0.1) is 0 Å². The number of nitrogens with zero attached hydrogens (tertiary/aromatic N) is 1. The van der Waals surface area contributed by atoms with E-state index in [2.05, 4.69) is 15.0 Å². The molecule has 0 aliphatic carbocycles. The average Bonchev–Trinajstić information content (AvgIpc) is 2.48. The van der Waals surface area contributed by atoms with Crippen LogP contribution in [-0.2, 0) is 6.42 Å². The lowest BCUT2D eigenvalue weighted by Crippen LogP contribution is -2.23. The quantitative estimate of drug-likeness (QED) is 0.847. The highest BCUT2D eigenvalue weighted by atomic mass is 19.3. The molecule has 0 saturated heterocycles. The lowest BCUT2D eigenvalue weighted by Gasteiger charge is -2.18. The summed E-state index contributed by atoms with van der Waals surface area (Å²) in [5.74, 6) is 0.172. The van der Waals surface area contributed by atoms with E-state index in [-0.39, 0.29) is 11.8 Å². The highest BCUT2D eigenvalue weighted by Gasteiger charge is 2.12. The van der Waals surface area contributed by atoms with E-state index >= 15 is 0 Å². The molecular weight excluding hydrogens is 274 g/mol. The van der Waals surface area contributed by atoms with E-state index in [1.165, 1.54) is 0 Å². The predicted octanol–water partition coefficient (Wildman–Crippen LogP) is 3.58. The largest absolute Gasteiger partial charge is 0.435 e. The molecule has 1 atom stereocenters. The zero-order valence-corrected chi connectivity index (χ0v) is 11.8. The number of nitrogens with one attached hydrogen (secondary N) is 1. The van der Waals surface area contributed by atoms with Gasteiger partial charge in [0.2, 0.25) is 0 Å². The van der Waals surface area contributed by atoms with Gasteiger partial charge in [0.1, 0.15) is 5.75 Å². The van der Waals surface area contributed by atoms with Gasteiger partial charge in [-0.2, -0.15) is 8.78 Å². The Morgan fingerprint density at radius 1 is 1.19 bits per heavy atom. The van der Waals surface area contributed by atoms with E-state index in [0.29, 0.717) is 0 Å². The number of ether oxygens (including phenoxy) is 1. The minimum Gasteiger partial charge on any atom is -0.435 e. The van der Waals surface area contributed by atoms with Crippen LogP contribution in [0.2, 0.25) is 0 Å². The second kappa shape index (κ2) is 7.69. The van der Waals surface area contributed by atoms with Crippen LogP contribution < -0.4 is 10.1 Å². The number of pyridine rings is 1. The zero-order valence-electron chi connectivity index (χ0n) is 11.8. The zero-order chi connectivity index (χ0) is 15.1. The maximum absolute atomic E-state index is 12.1. The molecule has 0 amide bonds. The molecule has 1 N–H and O–H groups in total. The molecule has 112 valence electrons. The predicted molar refractivity (Wildman–Crippen MR) is 77.4 cm³/mol. The van der Waals surface area contributed by atoms with Gasteiger partial charge in [-0.3, -0.25) is 4.98 Å². The smallest absolute Gasteiger partial charge is 0.387 e. The first-order chi connectivity index (χ1) is 10.2. The fraction of sp³-hybridized carbons (Fsp3) is 0.312. The van der Waals surface area contributed by atoms with Crippen LogP contribution in [0.15, 0.2) is 48.8 Å². The van der Waals surface area contributed by atoms with Crippen LogP contribution in [0.1, 0.15) is 24.1 Å². The molecule has 0 radical (unpaired) electrons. The molecule has 1 unspecified atom stereocenters. The summed E-state index contributed by atoms with van der Waals surface area (Å²) in [5, 5.41) is 3.39. The SMILES string of the molecule is CCNC(Cc1cccnc1)c1ccc(OC(F)F)cc1. The van der Waals surface area contributed by atoms with Crippen LogP contribution in [0.3, 0.4) is 0 Å². The Hall–Kier alpha value is -2.01. The number of likely N-dealkylation sites (N-methyl/N-ethyl adjacent to an activating group) is 1. The summed E-state index contributed by atoms with van der Waals surface area (Å²) in [7, 11) is 0. The highest BCUT2D eigenvalue weighted by Crippen LogP contribution is 2.22. The third-order valence-electron chi connectivity index (χ3n) is 3.12. The molecule has 1 heterocycles. The maximum Gasteiger partial charge on any atom is 0.387 e. The summed E-state index contributed by atoms with van der Waals surface area (Å²) < 4.78 is 28.7. The maximum atomic E-state index is 12.1. The van der Waals surface area contributed by atoms with E-state index < -0.39 is 6.61 Å². The normalized spacial score (nSPS) is 12.4. The molecule has 0 aliphatic heterocycles. The lowest BCUT2D eigenvalue weighted by molar-refractivity contribution is -0.0498. The van der Waals surface area contributed by atoms with Gasteiger partial charge in [0, 0.05) is 18.4 Å². The first kappa shape index (κ1) is 15.4. The third-order valence-corrected chi connectivity index (χ3v) is 3.12. The van der Waals surface area contributed by atoms with E-state index in [1.54, 1.807) is 30.5 Å². The van der Waals surface area contributed by atoms with E-state index in [4.69, 9.17) is 0 Å². The molecule has 0 fully saturated rings. The molecule has 2 aromatic rings. The third kappa shape index (κ3) is 4.79. The summed E-state index contributed by atoms with van der Waals surface area (Å²) in [6.07, 6.45) is 4.36. The Labute approximate surface area is 123 Å². The summed E-state index contributed by atoms with van der Waals surface area (Å²) in [5.41, 5.74) is 2.15. The van der Waals surface area contributed by atoms with E-state index in [0.717, 1.165) is 24.1 Å². The van der Waals surface area contributed by atoms with Gasteiger partial charge in [-0.25, -0.2) is 0 Å². The Balaban J connectivity index is 2.10. The molecule has 0 spiro atoms. The van der Waals surface area contributed by atoms with Gasteiger partial charge < -0.3 is 10.1 Å². The molecule has 0 saturated carbocycles. The van der Waals surface area contributed by atoms with Crippen LogP contribution in [0.4, 0.5) is 8.78 Å². The molecule has 0 aliphatic rings. The molecule has 1 aromatic carbocycles. The molecule has 21 heavy (non-hydrogen) atoms. The van der Waals surface area contributed by atoms with Crippen molar-refractivity contribution in [2.75, 3.05) is 6.54 Å². The van der Waals surface area contributed by atoms with Crippen molar-refractivity contribution in [2.24, 2.45) is 0 Å². The number of rotatable bonds is 7. The van der Waals surface area contributed by atoms with E-state index in [9.17, 15) is 8.78 Å². The van der Waals surface area contributed by atoms with Crippen molar-refractivity contribution in [2.45, 2.75) is 26.0 Å². The number of aromatic nitrogens is 1. The van der Waals surface area contributed by atoms with Crippen molar-refractivity contribution in [1.82, 2.24) is 10.3 Å². The second-order valence-electron chi connectivity index (χ2n) is 4.62. The van der Waals surface area contributed by atoms with Crippen LogP contribution in [-0.4, -0.2) is 18.1 Å². The van der Waals surface area contributed by atoms with Gasteiger partial charge in [0.05, 0.1) is 0 Å². The van der Waals surface area contributed by atoms with Gasteiger partial charge in [0.25, 0.3) is 0 Å². The number of alkyl halides is 2. The van der Waals surface area contributed by atoms with Gasteiger partial charge in [-0.1, -0.05) is 25.1 Å². The van der Waals surface area contributed by atoms with Crippen molar-refractivity contribution < 1.29 is 13.5 Å². The van der Waals surface area contributed by atoms with Gasteiger partial charge in [0.15, 0.2) is 0 Å². The summed E-state index contributed by atoms with van der Waals surface area (Å²) in [6.45, 7) is 0.0564. The number of benzene rings is 1. The average molecular weight is 292 g/mol. The minimum atomic E-state index is -2.80. The van der Waals surface area contributed by atoms with Crippen molar-refractivity contribution in [3.63, 3.8) is 0 Å². The minimum absolute atomic E-state index is 0.111. The van der Waals surface area contributed by atoms with Crippen LogP contribution in [0.5, 0.6) is 5.75 Å². The first-order valence-corrected chi connectivity index (χ1v) is 6.86. The standard InChI is InChI=1S/C16H18F2N2O/c1-2-20-15(10-12-4-3-9-19-11-12)13-5-7-14(8-6-13)21-16(17)18/h3-9,11,15-16,20H,2,10H2,1H3. The Morgan fingerprint density at radius 2 is 1.95 bits per heavy atom. The second-order valence-corrected chi connectivity index (χ2v) is 4.62. The Kier molecular flexibility index (Phi) is 5.63. The molecule has 0 bridgehead atoms. The van der Waals surface area contributed by atoms with Crippen molar-refractivity contribution in [3.05, 3.63) is 59.9 Å². The molecule has 2 rings (SSSR count). The summed E-state index contributed by atoms with van der Waals surface area (Å²) in [4.78, 5) is 4.11. The fourth-order valence-corrected chi connectivity index (χ4v) is 2.19. The van der Waals surface area contributed by atoms with Gasteiger partial charge >= 0.3 is 6.61 Å². The number of hydrogen-bond acceptors (Lipinski definition) is 3. The molecular formula is C16H18F2N2O. The molecule has 5 heteroatoms. The highest BCUT2D eigenvalue weighted by molar-refractivity contribution is 5.30. The molecule has 1 aromatic heterocycles. The first-order valence-electron chi connectivity index (χ1n) is 6.86. The Bertz CT molecular complexity index is 532. The van der Waals surface area contributed by atoms with E-state index in [1.807, 2.05) is 25.3 Å². The van der Waals surface area contributed by atoms with Crippen molar-refractivity contribution in [1.29, 1.82) is 0 Å². The van der Waals surface area contributed by atoms with Crippen LogP contribution in [0.25, 0.3) is 0 Å². The van der Waals surface area contributed by atoms with Crippen LogP contribution >= 0.6 is 0 Å². The molecule has 3 nitrogen and oxygen atoms in total. The van der Waals surface area contributed by atoms with Crippen molar-refractivity contribution in [3.8, 4) is 5.75 Å². The lowest BCUT2D eigenvalue weighted by atomic mass is 10.00. The topological polar surface area (TPSA) is 34.2 Å². The Morgan fingerprint density at radius 3 is 2.52 bits per heavy atom. The number of hydrogen-bond donors (Lipinski definition) is 1. The fourth-order valence-electron chi connectivity index (χ4n) is 2.19. The van der Waals surface area contributed by atoms with Gasteiger partial charge in [-0.05, 0) is 42.3 Å². The number of halogens is 2. The van der Waals surface area contributed by atoms with Gasteiger partial charge in [-0.15, -0.1) is 0 Å². The monoisotopic (exact) mass is 292 g/mol.